The average Bonchev–Trinajstić information content (AvgIpc) is 3.16. The topological polar surface area (TPSA) is 35.1 Å². The third-order valence-electron chi connectivity index (χ3n) is 3.38. The number of aromatic nitrogens is 4. The number of benzene rings is 1. The van der Waals surface area contributed by atoms with Crippen molar-refractivity contribution in [3.63, 3.8) is 0 Å². The van der Waals surface area contributed by atoms with Crippen LogP contribution in [0.2, 0.25) is 0 Å². The highest BCUT2D eigenvalue weighted by molar-refractivity contribution is 7.15. The Morgan fingerprint density at radius 2 is 1.86 bits per heavy atom. The molecule has 110 valence electrons. The van der Waals surface area contributed by atoms with Crippen LogP contribution < -0.4 is 0 Å². The molecule has 0 bridgehead atoms. The highest BCUT2D eigenvalue weighted by atomic mass is 32.1. The molecule has 4 nitrogen and oxygen atoms in total. The molecular formula is C15H10F2N4S. The summed E-state index contributed by atoms with van der Waals surface area (Å²) in [5, 5.41) is 6.30. The molecule has 3 heterocycles. The van der Waals surface area contributed by atoms with E-state index < -0.39 is 11.6 Å². The number of fused-ring (bicyclic) bond motifs is 1. The molecule has 0 aliphatic rings. The Kier molecular flexibility index (Phi) is 3.00. The fourth-order valence-electron chi connectivity index (χ4n) is 2.37. The zero-order valence-electron chi connectivity index (χ0n) is 11.3. The van der Waals surface area contributed by atoms with Crippen LogP contribution in [0.15, 0.2) is 48.5 Å². The molecule has 0 saturated carbocycles. The summed E-state index contributed by atoms with van der Waals surface area (Å²) in [5.41, 5.74) is 2.20. The highest BCUT2D eigenvalue weighted by Crippen LogP contribution is 2.22. The van der Waals surface area contributed by atoms with Crippen molar-refractivity contribution in [3.8, 4) is 11.1 Å². The maximum Gasteiger partial charge on any atom is 0.126 e. The lowest BCUT2D eigenvalue weighted by molar-refractivity contribution is 0.584. The highest BCUT2D eigenvalue weighted by Gasteiger charge is 2.08. The Hall–Kier alpha value is -2.54. The van der Waals surface area contributed by atoms with Gasteiger partial charge in [0.2, 0.25) is 0 Å². The van der Waals surface area contributed by atoms with Gasteiger partial charge in [0, 0.05) is 23.2 Å². The lowest BCUT2D eigenvalue weighted by Crippen LogP contribution is -2.02. The van der Waals surface area contributed by atoms with Crippen molar-refractivity contribution < 1.29 is 8.78 Å². The molecule has 0 aliphatic carbocycles. The molecule has 0 unspecified atom stereocenters. The number of nitrogens with zero attached hydrogens (tertiary/aromatic N) is 4. The van der Waals surface area contributed by atoms with E-state index >= 15 is 0 Å². The molecule has 0 saturated heterocycles. The SMILES string of the molecule is Fc1cc(F)cc(-c2cnn(Cc3csc4cncn34)c2)c1. The van der Waals surface area contributed by atoms with Crippen LogP contribution in [-0.4, -0.2) is 19.2 Å². The van der Waals surface area contributed by atoms with Gasteiger partial charge in [-0.05, 0) is 17.7 Å². The van der Waals surface area contributed by atoms with E-state index in [1.54, 1.807) is 40.9 Å². The smallest absolute Gasteiger partial charge is 0.126 e. The first kappa shape index (κ1) is 13.1. The molecule has 7 heteroatoms. The predicted molar refractivity (Wildman–Crippen MR) is 79.8 cm³/mol. The maximum absolute atomic E-state index is 13.3. The summed E-state index contributed by atoms with van der Waals surface area (Å²) >= 11 is 1.61. The van der Waals surface area contributed by atoms with Crippen LogP contribution in [0.5, 0.6) is 0 Å². The van der Waals surface area contributed by atoms with Gasteiger partial charge in [-0.2, -0.15) is 5.10 Å². The van der Waals surface area contributed by atoms with E-state index in [4.69, 9.17) is 0 Å². The fraction of sp³-hybridized carbons (Fsp3) is 0.0667. The van der Waals surface area contributed by atoms with Crippen molar-refractivity contribution in [1.29, 1.82) is 0 Å². The summed E-state index contributed by atoms with van der Waals surface area (Å²) in [4.78, 5) is 5.16. The zero-order valence-corrected chi connectivity index (χ0v) is 12.1. The molecule has 22 heavy (non-hydrogen) atoms. The van der Waals surface area contributed by atoms with Gasteiger partial charge in [0.05, 0.1) is 24.6 Å². The third-order valence-corrected chi connectivity index (χ3v) is 4.32. The van der Waals surface area contributed by atoms with Crippen LogP contribution in [0.25, 0.3) is 16.0 Å². The number of imidazole rings is 1. The van der Waals surface area contributed by atoms with Crippen molar-refractivity contribution in [3.05, 3.63) is 65.8 Å². The van der Waals surface area contributed by atoms with Crippen LogP contribution >= 0.6 is 11.3 Å². The number of halogens is 2. The number of rotatable bonds is 3. The first-order valence-electron chi connectivity index (χ1n) is 6.56. The largest absolute Gasteiger partial charge is 0.292 e. The molecular weight excluding hydrogens is 306 g/mol. The molecule has 0 aliphatic heterocycles. The minimum Gasteiger partial charge on any atom is -0.292 e. The van der Waals surface area contributed by atoms with Gasteiger partial charge < -0.3 is 0 Å². The van der Waals surface area contributed by atoms with E-state index in [1.165, 1.54) is 12.1 Å². The van der Waals surface area contributed by atoms with Gasteiger partial charge in [0.15, 0.2) is 0 Å². The van der Waals surface area contributed by atoms with Gasteiger partial charge in [-0.15, -0.1) is 11.3 Å². The Balaban J connectivity index is 1.65. The van der Waals surface area contributed by atoms with Gasteiger partial charge in [0.1, 0.15) is 22.8 Å². The lowest BCUT2D eigenvalue weighted by Gasteiger charge is -2.00. The predicted octanol–water partition coefficient (Wildman–Crippen LogP) is 3.59. The summed E-state index contributed by atoms with van der Waals surface area (Å²) in [7, 11) is 0. The van der Waals surface area contributed by atoms with Crippen LogP contribution in [-0.2, 0) is 6.54 Å². The minimum atomic E-state index is -0.597. The minimum absolute atomic E-state index is 0.474. The number of thiazole rings is 1. The Morgan fingerprint density at radius 1 is 1.05 bits per heavy atom. The van der Waals surface area contributed by atoms with Crippen molar-refractivity contribution in [2.75, 3.05) is 0 Å². The van der Waals surface area contributed by atoms with Crippen molar-refractivity contribution in [2.24, 2.45) is 0 Å². The van der Waals surface area contributed by atoms with E-state index in [0.717, 1.165) is 16.6 Å². The Morgan fingerprint density at radius 3 is 2.68 bits per heavy atom. The van der Waals surface area contributed by atoms with Crippen molar-refractivity contribution in [2.45, 2.75) is 6.54 Å². The third kappa shape index (κ3) is 2.29. The molecule has 4 aromatic rings. The number of hydrogen-bond donors (Lipinski definition) is 0. The Bertz CT molecular complexity index is 933. The van der Waals surface area contributed by atoms with E-state index in [0.29, 0.717) is 17.7 Å². The molecule has 0 fully saturated rings. The quantitative estimate of drug-likeness (QED) is 0.579. The lowest BCUT2D eigenvalue weighted by atomic mass is 10.1. The van der Waals surface area contributed by atoms with Gasteiger partial charge in [-0.3, -0.25) is 9.08 Å². The first-order chi connectivity index (χ1) is 10.7. The zero-order chi connectivity index (χ0) is 15.1. The van der Waals surface area contributed by atoms with Crippen LogP contribution in [0.3, 0.4) is 0 Å². The van der Waals surface area contributed by atoms with Crippen LogP contribution in [0.4, 0.5) is 8.78 Å². The first-order valence-corrected chi connectivity index (χ1v) is 7.44. The molecule has 0 atom stereocenters. The summed E-state index contributed by atoms with van der Waals surface area (Å²) in [6, 6.07) is 3.45. The molecule has 0 spiro atoms. The molecule has 0 amide bonds. The molecule has 4 rings (SSSR count). The molecule has 3 aromatic heterocycles. The monoisotopic (exact) mass is 316 g/mol. The normalized spacial score (nSPS) is 11.4. The van der Waals surface area contributed by atoms with Crippen molar-refractivity contribution >= 4 is 16.2 Å². The van der Waals surface area contributed by atoms with E-state index in [9.17, 15) is 8.78 Å². The summed E-state index contributed by atoms with van der Waals surface area (Å²) in [6.07, 6.45) is 6.94. The molecule has 0 N–H and O–H groups in total. The van der Waals surface area contributed by atoms with Gasteiger partial charge >= 0.3 is 0 Å². The standard InChI is InChI=1S/C15H10F2N4S/c16-12-1-10(2-13(17)3-12)11-4-19-20(6-11)7-14-8-22-15-5-18-9-21(14)15/h1-6,8-9H,7H2. The van der Waals surface area contributed by atoms with Gasteiger partial charge in [-0.25, -0.2) is 13.8 Å². The van der Waals surface area contributed by atoms with Crippen molar-refractivity contribution in [1.82, 2.24) is 19.2 Å². The van der Waals surface area contributed by atoms with Gasteiger partial charge in [0.25, 0.3) is 0 Å². The van der Waals surface area contributed by atoms with Crippen LogP contribution in [0, 0.1) is 11.6 Å². The second kappa shape index (κ2) is 5.03. The van der Waals surface area contributed by atoms with Crippen LogP contribution in [0.1, 0.15) is 5.69 Å². The fourth-order valence-corrected chi connectivity index (χ4v) is 3.21. The molecule has 0 radical (unpaired) electrons. The maximum atomic E-state index is 13.3. The van der Waals surface area contributed by atoms with E-state index in [1.807, 2.05) is 9.78 Å². The van der Waals surface area contributed by atoms with E-state index in [-0.39, 0.29) is 0 Å². The summed E-state index contributed by atoms with van der Waals surface area (Å²) < 4.78 is 30.3. The second-order valence-corrected chi connectivity index (χ2v) is 5.80. The number of hydrogen-bond acceptors (Lipinski definition) is 3. The summed E-state index contributed by atoms with van der Waals surface area (Å²) in [5.74, 6) is -1.19. The second-order valence-electron chi connectivity index (χ2n) is 4.91. The van der Waals surface area contributed by atoms with E-state index in [2.05, 4.69) is 10.1 Å². The average molecular weight is 316 g/mol. The molecule has 1 aromatic carbocycles. The summed E-state index contributed by atoms with van der Waals surface area (Å²) in [6.45, 7) is 0.564. The Labute approximate surface area is 128 Å². The van der Waals surface area contributed by atoms with Gasteiger partial charge in [-0.1, -0.05) is 0 Å².